The van der Waals surface area contributed by atoms with Crippen LogP contribution in [0.3, 0.4) is 0 Å². The summed E-state index contributed by atoms with van der Waals surface area (Å²) in [7, 11) is 1.96. The quantitative estimate of drug-likeness (QED) is 0.629. The first-order valence-corrected chi connectivity index (χ1v) is 6.85. The van der Waals surface area contributed by atoms with Crippen molar-refractivity contribution in [2.75, 3.05) is 7.11 Å². The van der Waals surface area contributed by atoms with Crippen LogP contribution in [0, 0.1) is 0 Å². The van der Waals surface area contributed by atoms with Crippen molar-refractivity contribution in [3.05, 3.63) is 16.4 Å². The van der Waals surface area contributed by atoms with E-state index in [0.29, 0.717) is 0 Å². The zero-order valence-corrected chi connectivity index (χ0v) is 10.9. The summed E-state index contributed by atoms with van der Waals surface area (Å²) < 4.78 is 51.9. The van der Waals surface area contributed by atoms with Crippen molar-refractivity contribution in [1.29, 1.82) is 0 Å². The number of nitrogens with zero attached hydrogens (tertiary/aromatic N) is 1. The van der Waals surface area contributed by atoms with Gasteiger partial charge in [0.1, 0.15) is 15.2 Å². The van der Waals surface area contributed by atoms with E-state index in [1.807, 2.05) is 0 Å². The molecule has 0 radical (unpaired) electrons. The molecule has 1 aromatic rings. The standard InChI is InChI=1S/C7H5BrClF2NO3S/c1-15-3-2-4(16(9,13)14)5(7(10)11)12-6(3)8/h2,7H,1H3. The van der Waals surface area contributed by atoms with E-state index in [0.717, 1.165) is 6.07 Å². The van der Waals surface area contributed by atoms with Gasteiger partial charge in [0.25, 0.3) is 15.5 Å². The minimum atomic E-state index is -4.30. The minimum Gasteiger partial charge on any atom is -0.494 e. The second kappa shape index (κ2) is 4.80. The molecule has 0 spiro atoms. The van der Waals surface area contributed by atoms with Crippen LogP contribution in [0.5, 0.6) is 5.75 Å². The normalized spacial score (nSPS) is 11.9. The van der Waals surface area contributed by atoms with E-state index in [2.05, 4.69) is 20.9 Å². The van der Waals surface area contributed by atoms with Crippen LogP contribution in [0.4, 0.5) is 8.78 Å². The average molecular weight is 337 g/mol. The molecule has 0 bridgehead atoms. The molecule has 0 atom stereocenters. The van der Waals surface area contributed by atoms with Crippen LogP contribution in [0.15, 0.2) is 15.6 Å². The highest BCUT2D eigenvalue weighted by atomic mass is 79.9. The van der Waals surface area contributed by atoms with Gasteiger partial charge in [0.05, 0.1) is 7.11 Å². The van der Waals surface area contributed by atoms with Crippen LogP contribution in [0.1, 0.15) is 12.1 Å². The van der Waals surface area contributed by atoms with Gasteiger partial charge in [-0.15, -0.1) is 0 Å². The summed E-state index contributed by atoms with van der Waals surface area (Å²) >= 11 is 2.87. The molecule has 0 amide bonds. The molecule has 0 fully saturated rings. The zero-order valence-electron chi connectivity index (χ0n) is 7.75. The van der Waals surface area contributed by atoms with E-state index < -0.39 is 26.1 Å². The summed E-state index contributed by atoms with van der Waals surface area (Å²) in [5, 5.41) is 0. The van der Waals surface area contributed by atoms with E-state index >= 15 is 0 Å². The molecule has 0 aliphatic heterocycles. The van der Waals surface area contributed by atoms with Gasteiger partial charge < -0.3 is 4.74 Å². The second-order valence-corrected chi connectivity index (χ2v) is 5.89. The third-order valence-corrected chi connectivity index (χ3v) is 3.55. The van der Waals surface area contributed by atoms with Crippen LogP contribution in [0.2, 0.25) is 0 Å². The Bertz CT molecular complexity index is 509. The lowest BCUT2D eigenvalue weighted by Crippen LogP contribution is -2.03. The monoisotopic (exact) mass is 335 g/mol. The van der Waals surface area contributed by atoms with Gasteiger partial charge in [-0.1, -0.05) is 0 Å². The highest BCUT2D eigenvalue weighted by Gasteiger charge is 2.25. The van der Waals surface area contributed by atoms with Gasteiger partial charge in [-0.05, 0) is 15.9 Å². The molecular weight excluding hydrogens is 332 g/mol. The number of aromatic nitrogens is 1. The molecule has 0 aliphatic rings. The van der Waals surface area contributed by atoms with Gasteiger partial charge in [-0.2, -0.15) is 0 Å². The Labute approximate surface area is 103 Å². The molecule has 16 heavy (non-hydrogen) atoms. The van der Waals surface area contributed by atoms with Crippen LogP contribution >= 0.6 is 26.6 Å². The molecule has 1 heterocycles. The Morgan fingerprint density at radius 2 is 2.12 bits per heavy atom. The van der Waals surface area contributed by atoms with Gasteiger partial charge >= 0.3 is 0 Å². The first kappa shape index (κ1) is 13.6. The second-order valence-electron chi connectivity index (χ2n) is 2.60. The number of pyridine rings is 1. The van der Waals surface area contributed by atoms with Crippen molar-refractivity contribution in [3.8, 4) is 5.75 Å². The molecule has 0 saturated carbocycles. The van der Waals surface area contributed by atoms with Crippen LogP contribution in [-0.4, -0.2) is 20.5 Å². The summed E-state index contributed by atoms with van der Waals surface area (Å²) in [5.74, 6) is 0.00336. The number of rotatable bonds is 3. The maximum atomic E-state index is 12.5. The summed E-state index contributed by atoms with van der Waals surface area (Å²) in [6, 6.07) is 0.890. The molecule has 1 rings (SSSR count). The summed E-state index contributed by atoms with van der Waals surface area (Å²) in [5.41, 5.74) is -0.914. The number of ether oxygens (including phenoxy) is 1. The Morgan fingerprint density at radius 1 is 1.56 bits per heavy atom. The largest absolute Gasteiger partial charge is 0.494 e. The minimum absolute atomic E-state index is 0.00336. The SMILES string of the molecule is COc1cc(S(=O)(=O)Cl)c(C(F)F)nc1Br. The highest BCUT2D eigenvalue weighted by Crippen LogP contribution is 2.33. The molecule has 90 valence electrons. The number of alkyl halides is 2. The molecule has 0 N–H and O–H groups in total. The predicted octanol–water partition coefficient (Wildman–Crippen LogP) is 2.72. The van der Waals surface area contributed by atoms with Gasteiger partial charge in [-0.25, -0.2) is 22.2 Å². The van der Waals surface area contributed by atoms with Crippen LogP contribution < -0.4 is 4.74 Å². The fourth-order valence-corrected chi connectivity index (χ4v) is 2.43. The molecule has 0 unspecified atom stereocenters. The average Bonchev–Trinajstić information content (AvgIpc) is 2.15. The number of hydrogen-bond acceptors (Lipinski definition) is 4. The van der Waals surface area contributed by atoms with Gasteiger partial charge in [-0.3, -0.25) is 0 Å². The number of methoxy groups -OCH3 is 1. The molecular formula is C7H5BrClF2NO3S. The Kier molecular flexibility index (Phi) is 4.08. The number of halogens is 4. The molecule has 4 nitrogen and oxygen atoms in total. The van der Waals surface area contributed by atoms with E-state index in [9.17, 15) is 17.2 Å². The van der Waals surface area contributed by atoms with Gasteiger partial charge in [0.15, 0.2) is 5.75 Å². The Morgan fingerprint density at radius 3 is 2.50 bits per heavy atom. The van der Waals surface area contributed by atoms with Crippen LogP contribution in [-0.2, 0) is 9.05 Å². The predicted molar refractivity (Wildman–Crippen MR) is 56.5 cm³/mol. The zero-order chi connectivity index (χ0) is 12.5. The Hall–Kier alpha value is -0.470. The molecule has 0 saturated heterocycles. The van der Waals surface area contributed by atoms with Gasteiger partial charge in [0, 0.05) is 16.7 Å². The fourth-order valence-electron chi connectivity index (χ4n) is 0.963. The third kappa shape index (κ3) is 2.80. The lowest BCUT2D eigenvalue weighted by atomic mass is 10.3. The highest BCUT2D eigenvalue weighted by molar-refractivity contribution is 9.10. The van der Waals surface area contributed by atoms with Gasteiger partial charge in [0.2, 0.25) is 0 Å². The molecule has 9 heteroatoms. The number of hydrogen-bond donors (Lipinski definition) is 0. The van der Waals surface area contributed by atoms with Crippen molar-refractivity contribution in [1.82, 2.24) is 4.98 Å². The third-order valence-electron chi connectivity index (χ3n) is 1.63. The lowest BCUT2D eigenvalue weighted by molar-refractivity contribution is 0.142. The van der Waals surface area contributed by atoms with Crippen molar-refractivity contribution in [2.45, 2.75) is 11.3 Å². The summed E-state index contributed by atoms with van der Waals surface area (Å²) in [6.45, 7) is 0. The first-order chi connectivity index (χ1) is 7.27. The maximum Gasteiger partial charge on any atom is 0.281 e. The van der Waals surface area contributed by atoms with Crippen molar-refractivity contribution in [2.24, 2.45) is 0 Å². The fraction of sp³-hybridized carbons (Fsp3) is 0.286. The van der Waals surface area contributed by atoms with Crippen LogP contribution in [0.25, 0.3) is 0 Å². The molecule has 0 aliphatic carbocycles. The molecule has 0 aromatic carbocycles. The van der Waals surface area contributed by atoms with E-state index in [4.69, 9.17) is 15.4 Å². The topological polar surface area (TPSA) is 56.3 Å². The van der Waals surface area contributed by atoms with E-state index in [-0.39, 0.29) is 10.4 Å². The summed E-state index contributed by atoms with van der Waals surface area (Å²) in [4.78, 5) is 2.63. The Balaban J connectivity index is 3.56. The first-order valence-electron chi connectivity index (χ1n) is 3.74. The van der Waals surface area contributed by atoms with Crippen molar-refractivity contribution >= 4 is 35.7 Å². The smallest absolute Gasteiger partial charge is 0.281 e. The van der Waals surface area contributed by atoms with Crippen molar-refractivity contribution < 1.29 is 21.9 Å². The maximum absolute atomic E-state index is 12.5. The van der Waals surface area contributed by atoms with Crippen molar-refractivity contribution in [3.63, 3.8) is 0 Å². The summed E-state index contributed by atoms with van der Waals surface area (Å²) in [6.07, 6.45) is -3.05. The van der Waals surface area contributed by atoms with E-state index in [1.165, 1.54) is 7.11 Å². The lowest BCUT2D eigenvalue weighted by Gasteiger charge is -2.09. The van der Waals surface area contributed by atoms with E-state index in [1.54, 1.807) is 0 Å². The molecule has 1 aromatic heterocycles.